The van der Waals surface area contributed by atoms with Crippen molar-refractivity contribution in [1.82, 2.24) is 5.32 Å². The molecule has 0 aromatic heterocycles. The van der Waals surface area contributed by atoms with Crippen molar-refractivity contribution in [2.75, 3.05) is 14.2 Å². The largest absolute Gasteiger partial charge is 0.497 e. The van der Waals surface area contributed by atoms with E-state index in [0.29, 0.717) is 0 Å². The molecule has 0 amide bonds. The summed E-state index contributed by atoms with van der Waals surface area (Å²) in [6, 6.07) is 14.4. The van der Waals surface area contributed by atoms with Crippen LogP contribution in [-0.2, 0) is 6.54 Å². The first-order valence-electron chi connectivity index (χ1n) is 6.83. The van der Waals surface area contributed by atoms with Gasteiger partial charge in [-0.05, 0) is 42.8 Å². The summed E-state index contributed by atoms with van der Waals surface area (Å²) < 4.78 is 11.6. The Hall–Kier alpha value is -1.52. The maximum Gasteiger partial charge on any atom is 0.123 e. The number of halogens is 1. The molecule has 4 heteroatoms. The highest BCUT2D eigenvalue weighted by Crippen LogP contribution is 2.24. The molecule has 0 aliphatic carbocycles. The van der Waals surface area contributed by atoms with Gasteiger partial charge in [-0.15, -0.1) is 0 Å². The van der Waals surface area contributed by atoms with Crippen molar-refractivity contribution in [2.45, 2.75) is 19.5 Å². The summed E-state index contributed by atoms with van der Waals surface area (Å²) >= 11 is 3.50. The van der Waals surface area contributed by atoms with Gasteiger partial charge in [0.05, 0.1) is 14.2 Å². The Balaban J connectivity index is 2.03. The number of hydrogen-bond donors (Lipinski definition) is 1. The Bertz CT molecular complexity index is 584. The molecular formula is C17H20BrNO2. The highest BCUT2D eigenvalue weighted by Gasteiger charge is 2.08. The van der Waals surface area contributed by atoms with Crippen molar-refractivity contribution < 1.29 is 9.47 Å². The zero-order chi connectivity index (χ0) is 15.2. The molecular weight excluding hydrogens is 330 g/mol. The molecule has 2 aromatic rings. The third-order valence-electron chi connectivity index (χ3n) is 3.46. The van der Waals surface area contributed by atoms with Gasteiger partial charge in [0, 0.05) is 22.6 Å². The maximum atomic E-state index is 5.39. The van der Waals surface area contributed by atoms with Crippen LogP contribution in [0.3, 0.4) is 0 Å². The average molecular weight is 350 g/mol. The topological polar surface area (TPSA) is 30.5 Å². The van der Waals surface area contributed by atoms with Crippen LogP contribution in [0.1, 0.15) is 24.1 Å². The normalized spacial score (nSPS) is 12.0. The fourth-order valence-electron chi connectivity index (χ4n) is 2.16. The van der Waals surface area contributed by atoms with Gasteiger partial charge < -0.3 is 14.8 Å². The molecule has 1 N–H and O–H groups in total. The molecule has 1 atom stereocenters. The molecule has 0 heterocycles. The molecule has 0 unspecified atom stereocenters. The molecule has 0 radical (unpaired) electrons. The Kier molecular flexibility index (Phi) is 5.65. The Morgan fingerprint density at radius 3 is 2.38 bits per heavy atom. The minimum absolute atomic E-state index is 0.250. The van der Waals surface area contributed by atoms with Gasteiger partial charge in [0.1, 0.15) is 11.5 Å². The molecule has 0 saturated carbocycles. The minimum Gasteiger partial charge on any atom is -0.497 e. The standard InChI is InChI=1S/C17H20BrNO2/c1-12(13-4-7-16(20-2)8-5-13)19-11-14-10-15(18)6-9-17(14)21-3/h4-10,12,19H,11H2,1-3H3/t12-/m0/s1. The predicted molar refractivity (Wildman–Crippen MR) is 88.9 cm³/mol. The number of methoxy groups -OCH3 is 2. The van der Waals surface area contributed by atoms with Crippen LogP contribution < -0.4 is 14.8 Å². The van der Waals surface area contributed by atoms with E-state index < -0.39 is 0 Å². The molecule has 0 bridgehead atoms. The lowest BCUT2D eigenvalue weighted by atomic mass is 10.1. The van der Waals surface area contributed by atoms with Crippen LogP contribution in [0.2, 0.25) is 0 Å². The fraction of sp³-hybridized carbons (Fsp3) is 0.294. The smallest absolute Gasteiger partial charge is 0.123 e. The lowest BCUT2D eigenvalue weighted by Crippen LogP contribution is -2.18. The van der Waals surface area contributed by atoms with E-state index in [1.54, 1.807) is 14.2 Å². The minimum atomic E-state index is 0.250. The monoisotopic (exact) mass is 349 g/mol. The van der Waals surface area contributed by atoms with Crippen molar-refractivity contribution in [3.8, 4) is 11.5 Å². The maximum absolute atomic E-state index is 5.39. The summed E-state index contributed by atoms with van der Waals surface area (Å²) in [5.41, 5.74) is 2.36. The molecule has 3 nitrogen and oxygen atoms in total. The quantitative estimate of drug-likeness (QED) is 0.842. The molecule has 0 saturated heterocycles. The van der Waals surface area contributed by atoms with Crippen molar-refractivity contribution in [1.29, 1.82) is 0 Å². The highest BCUT2D eigenvalue weighted by molar-refractivity contribution is 9.10. The molecule has 0 aliphatic rings. The van der Waals surface area contributed by atoms with Gasteiger partial charge in [-0.25, -0.2) is 0 Å². The summed E-state index contributed by atoms with van der Waals surface area (Å²) in [6.45, 7) is 2.89. The van der Waals surface area contributed by atoms with Crippen LogP contribution in [0, 0.1) is 0 Å². The van der Waals surface area contributed by atoms with Crippen molar-refractivity contribution in [3.63, 3.8) is 0 Å². The summed E-state index contributed by atoms with van der Waals surface area (Å²) in [7, 11) is 3.37. The first-order chi connectivity index (χ1) is 10.1. The molecule has 0 aliphatic heterocycles. The van der Waals surface area contributed by atoms with E-state index >= 15 is 0 Å². The van der Waals surface area contributed by atoms with E-state index in [1.807, 2.05) is 24.3 Å². The van der Waals surface area contributed by atoms with Crippen molar-refractivity contribution in [2.24, 2.45) is 0 Å². The summed E-state index contributed by atoms with van der Waals surface area (Å²) in [5.74, 6) is 1.77. The Morgan fingerprint density at radius 1 is 1.05 bits per heavy atom. The van der Waals surface area contributed by atoms with Gasteiger partial charge in [0.15, 0.2) is 0 Å². The summed E-state index contributed by atoms with van der Waals surface area (Å²) in [6.07, 6.45) is 0. The van der Waals surface area contributed by atoms with Gasteiger partial charge in [0.25, 0.3) is 0 Å². The van der Waals surface area contributed by atoms with Crippen LogP contribution in [0.5, 0.6) is 11.5 Å². The third-order valence-corrected chi connectivity index (χ3v) is 3.95. The zero-order valence-electron chi connectivity index (χ0n) is 12.5. The van der Waals surface area contributed by atoms with E-state index in [9.17, 15) is 0 Å². The number of rotatable bonds is 6. The lowest BCUT2D eigenvalue weighted by molar-refractivity contribution is 0.406. The van der Waals surface area contributed by atoms with Crippen molar-refractivity contribution in [3.05, 3.63) is 58.1 Å². The summed E-state index contributed by atoms with van der Waals surface area (Å²) in [5, 5.41) is 3.51. The molecule has 0 spiro atoms. The molecule has 2 aromatic carbocycles. The Morgan fingerprint density at radius 2 is 1.76 bits per heavy atom. The van der Waals surface area contributed by atoms with Gasteiger partial charge in [-0.2, -0.15) is 0 Å². The summed E-state index contributed by atoms with van der Waals surface area (Å²) in [4.78, 5) is 0. The van der Waals surface area contributed by atoms with E-state index in [0.717, 1.165) is 28.1 Å². The number of ether oxygens (including phenoxy) is 2. The second kappa shape index (κ2) is 7.48. The van der Waals surface area contributed by atoms with E-state index in [-0.39, 0.29) is 6.04 Å². The van der Waals surface area contributed by atoms with Crippen LogP contribution in [0.25, 0.3) is 0 Å². The first kappa shape index (κ1) is 15.9. The second-order valence-corrected chi connectivity index (χ2v) is 5.75. The molecule has 0 fully saturated rings. The molecule has 2 rings (SSSR count). The molecule has 21 heavy (non-hydrogen) atoms. The first-order valence-corrected chi connectivity index (χ1v) is 7.63. The lowest BCUT2D eigenvalue weighted by Gasteiger charge is -2.16. The van der Waals surface area contributed by atoms with E-state index in [2.05, 4.69) is 46.4 Å². The van der Waals surface area contributed by atoms with Gasteiger partial charge in [0.2, 0.25) is 0 Å². The second-order valence-electron chi connectivity index (χ2n) is 4.83. The van der Waals surface area contributed by atoms with Crippen LogP contribution >= 0.6 is 15.9 Å². The van der Waals surface area contributed by atoms with E-state index in [4.69, 9.17) is 9.47 Å². The zero-order valence-corrected chi connectivity index (χ0v) is 14.1. The highest BCUT2D eigenvalue weighted by atomic mass is 79.9. The van der Waals surface area contributed by atoms with Gasteiger partial charge >= 0.3 is 0 Å². The SMILES string of the molecule is COc1ccc([C@H](C)NCc2cc(Br)ccc2OC)cc1. The predicted octanol–water partition coefficient (Wildman–Crippen LogP) is 4.32. The van der Waals surface area contributed by atoms with Crippen molar-refractivity contribution >= 4 is 15.9 Å². The number of nitrogens with one attached hydrogen (secondary N) is 1. The van der Waals surface area contributed by atoms with Gasteiger partial charge in [-0.1, -0.05) is 28.1 Å². The molecule has 112 valence electrons. The average Bonchev–Trinajstić information content (AvgIpc) is 2.52. The number of hydrogen-bond acceptors (Lipinski definition) is 3. The van der Waals surface area contributed by atoms with Crippen LogP contribution in [0.4, 0.5) is 0 Å². The number of benzene rings is 2. The van der Waals surface area contributed by atoms with Crippen LogP contribution in [-0.4, -0.2) is 14.2 Å². The van der Waals surface area contributed by atoms with Gasteiger partial charge in [-0.3, -0.25) is 0 Å². The fourth-order valence-corrected chi connectivity index (χ4v) is 2.57. The Labute approximate surface area is 134 Å². The van der Waals surface area contributed by atoms with E-state index in [1.165, 1.54) is 5.56 Å². The third kappa shape index (κ3) is 4.22. The van der Waals surface area contributed by atoms with Crippen LogP contribution in [0.15, 0.2) is 46.9 Å².